The molecule has 0 bridgehead atoms. The van der Waals surface area contributed by atoms with E-state index in [1.54, 1.807) is 6.20 Å². The van der Waals surface area contributed by atoms with Crippen LogP contribution in [0.1, 0.15) is 33.3 Å². The van der Waals surface area contributed by atoms with E-state index < -0.39 is 0 Å². The summed E-state index contributed by atoms with van der Waals surface area (Å²) in [5, 5.41) is 0. The van der Waals surface area contributed by atoms with Crippen LogP contribution in [-0.4, -0.2) is 28.3 Å². The maximum absolute atomic E-state index is 6.12. The van der Waals surface area contributed by atoms with Crippen LogP contribution in [0.4, 0.5) is 0 Å². The van der Waals surface area contributed by atoms with Crippen LogP contribution in [0.5, 0.6) is 0 Å². The van der Waals surface area contributed by atoms with Gasteiger partial charge < -0.3 is 14.3 Å². The molecular formula is C16H21BN2O2. The number of nitrogens with one attached hydrogen (secondary N) is 1. The second-order valence-corrected chi connectivity index (χ2v) is 6.66. The van der Waals surface area contributed by atoms with Crippen LogP contribution in [0.25, 0.3) is 11.4 Å². The molecule has 1 N–H and O–H groups in total. The van der Waals surface area contributed by atoms with Gasteiger partial charge in [0.2, 0.25) is 0 Å². The summed E-state index contributed by atoms with van der Waals surface area (Å²) >= 11 is 0. The summed E-state index contributed by atoms with van der Waals surface area (Å²) in [4.78, 5) is 7.45. The highest BCUT2D eigenvalue weighted by Gasteiger charge is 2.51. The summed E-state index contributed by atoms with van der Waals surface area (Å²) in [5.41, 5.74) is 2.58. The topological polar surface area (TPSA) is 47.1 Å². The molecule has 0 spiro atoms. The molecule has 0 radical (unpaired) electrons. The first kappa shape index (κ1) is 14.4. The second kappa shape index (κ2) is 4.72. The quantitative estimate of drug-likeness (QED) is 0.862. The zero-order valence-electron chi connectivity index (χ0n) is 13.2. The lowest BCUT2D eigenvalue weighted by atomic mass is 9.77. The van der Waals surface area contributed by atoms with Gasteiger partial charge in [-0.2, -0.15) is 0 Å². The molecule has 1 aromatic carbocycles. The van der Waals surface area contributed by atoms with Crippen LogP contribution < -0.4 is 5.46 Å². The number of nitrogens with zero attached hydrogens (tertiary/aromatic N) is 1. The molecule has 21 heavy (non-hydrogen) atoms. The number of imidazole rings is 1. The van der Waals surface area contributed by atoms with Crippen molar-refractivity contribution in [2.75, 3.05) is 0 Å². The van der Waals surface area contributed by atoms with Crippen molar-refractivity contribution in [1.29, 1.82) is 0 Å². The van der Waals surface area contributed by atoms with Crippen molar-refractivity contribution >= 4 is 12.6 Å². The average molecular weight is 284 g/mol. The molecular weight excluding hydrogens is 263 g/mol. The minimum atomic E-state index is -0.344. The first-order valence-corrected chi connectivity index (χ1v) is 7.25. The highest BCUT2D eigenvalue weighted by atomic mass is 16.7. The van der Waals surface area contributed by atoms with Crippen molar-refractivity contribution in [3.8, 4) is 11.4 Å². The summed E-state index contributed by atoms with van der Waals surface area (Å²) in [5.74, 6) is 0.858. The van der Waals surface area contributed by atoms with Crippen LogP contribution in [-0.2, 0) is 9.31 Å². The molecule has 0 amide bonds. The zero-order valence-corrected chi connectivity index (χ0v) is 13.2. The summed E-state index contributed by atoms with van der Waals surface area (Å²) in [6.07, 6.45) is 3.58. The van der Waals surface area contributed by atoms with Gasteiger partial charge in [-0.1, -0.05) is 17.7 Å². The van der Waals surface area contributed by atoms with Gasteiger partial charge in [-0.05, 0) is 46.1 Å². The Morgan fingerprint density at radius 1 is 1.05 bits per heavy atom. The maximum atomic E-state index is 6.12. The van der Waals surface area contributed by atoms with Crippen LogP contribution >= 0.6 is 0 Å². The molecule has 0 atom stereocenters. The highest BCUT2D eigenvalue weighted by Crippen LogP contribution is 2.36. The number of hydrogen-bond donors (Lipinski definition) is 1. The van der Waals surface area contributed by atoms with Crippen molar-refractivity contribution in [2.45, 2.75) is 45.8 Å². The van der Waals surface area contributed by atoms with Crippen molar-refractivity contribution in [1.82, 2.24) is 9.97 Å². The molecule has 0 unspecified atom stereocenters. The van der Waals surface area contributed by atoms with Gasteiger partial charge in [0.1, 0.15) is 5.82 Å². The van der Waals surface area contributed by atoms with E-state index in [4.69, 9.17) is 9.31 Å². The Kier molecular flexibility index (Phi) is 3.22. The lowest BCUT2D eigenvalue weighted by Gasteiger charge is -2.32. The van der Waals surface area contributed by atoms with Gasteiger partial charge in [-0.15, -0.1) is 0 Å². The fourth-order valence-corrected chi connectivity index (χ4v) is 2.49. The lowest BCUT2D eigenvalue weighted by molar-refractivity contribution is 0.00578. The number of benzene rings is 1. The molecule has 0 saturated carbocycles. The number of aromatic nitrogens is 2. The summed E-state index contributed by atoms with van der Waals surface area (Å²) < 4.78 is 12.2. The standard InChI is InChI=1S/C16H21BN2O2/c1-11-8-12(14-18-6-7-19-14)10-13(9-11)17-20-15(2,3)16(4,5)21-17/h6-10H,1-5H3,(H,18,19). The van der Waals surface area contributed by atoms with Gasteiger partial charge in [-0.25, -0.2) is 4.98 Å². The number of aryl methyl sites for hydroxylation is 1. The molecule has 3 rings (SSSR count). The summed E-state index contributed by atoms with van der Waals surface area (Å²) in [7, 11) is -0.344. The van der Waals surface area contributed by atoms with E-state index in [1.807, 2.05) is 6.20 Å². The van der Waals surface area contributed by atoms with Gasteiger partial charge >= 0.3 is 7.12 Å². The Morgan fingerprint density at radius 3 is 2.29 bits per heavy atom. The number of H-pyrrole nitrogens is 1. The highest BCUT2D eigenvalue weighted by molar-refractivity contribution is 6.62. The third-order valence-corrected chi connectivity index (χ3v) is 4.40. The van der Waals surface area contributed by atoms with Crippen molar-refractivity contribution in [2.24, 2.45) is 0 Å². The number of rotatable bonds is 2. The van der Waals surface area contributed by atoms with Gasteiger partial charge in [-0.3, -0.25) is 0 Å². The molecule has 0 aliphatic carbocycles. The number of aromatic amines is 1. The predicted molar refractivity (Wildman–Crippen MR) is 84.5 cm³/mol. The predicted octanol–water partition coefficient (Wildman–Crippen LogP) is 2.68. The van der Waals surface area contributed by atoms with Crippen molar-refractivity contribution in [3.05, 3.63) is 36.2 Å². The van der Waals surface area contributed by atoms with E-state index in [1.165, 1.54) is 0 Å². The molecule has 2 heterocycles. The maximum Gasteiger partial charge on any atom is 0.494 e. The van der Waals surface area contributed by atoms with Gasteiger partial charge in [0.15, 0.2) is 0 Å². The Balaban J connectivity index is 1.97. The van der Waals surface area contributed by atoms with E-state index in [0.717, 1.165) is 22.4 Å². The van der Waals surface area contributed by atoms with E-state index in [2.05, 4.69) is 62.8 Å². The molecule has 1 aromatic heterocycles. The van der Waals surface area contributed by atoms with E-state index in [9.17, 15) is 0 Å². The molecule has 4 nitrogen and oxygen atoms in total. The van der Waals surface area contributed by atoms with Crippen LogP contribution in [0, 0.1) is 6.92 Å². The zero-order chi connectivity index (χ0) is 15.3. The minimum Gasteiger partial charge on any atom is -0.399 e. The Bertz CT molecular complexity index is 634. The molecule has 1 aliphatic heterocycles. The lowest BCUT2D eigenvalue weighted by Crippen LogP contribution is -2.41. The second-order valence-electron chi connectivity index (χ2n) is 6.66. The smallest absolute Gasteiger partial charge is 0.399 e. The fraction of sp³-hybridized carbons (Fsp3) is 0.438. The molecule has 1 fully saturated rings. The first-order valence-electron chi connectivity index (χ1n) is 7.25. The van der Waals surface area contributed by atoms with Crippen molar-refractivity contribution in [3.63, 3.8) is 0 Å². The van der Waals surface area contributed by atoms with Gasteiger partial charge in [0.25, 0.3) is 0 Å². The Hall–Kier alpha value is -1.59. The largest absolute Gasteiger partial charge is 0.494 e. The van der Waals surface area contributed by atoms with Crippen LogP contribution in [0.2, 0.25) is 0 Å². The Morgan fingerprint density at radius 2 is 1.71 bits per heavy atom. The van der Waals surface area contributed by atoms with Crippen LogP contribution in [0.3, 0.4) is 0 Å². The van der Waals surface area contributed by atoms with E-state index in [-0.39, 0.29) is 18.3 Å². The van der Waals surface area contributed by atoms with Gasteiger partial charge in [0.05, 0.1) is 11.2 Å². The van der Waals surface area contributed by atoms with Crippen LogP contribution in [0.15, 0.2) is 30.6 Å². The fourth-order valence-electron chi connectivity index (χ4n) is 2.49. The van der Waals surface area contributed by atoms with E-state index in [0.29, 0.717) is 0 Å². The molecule has 110 valence electrons. The normalized spacial score (nSPS) is 20.0. The third-order valence-electron chi connectivity index (χ3n) is 4.40. The molecule has 5 heteroatoms. The molecule has 1 aliphatic rings. The Labute approximate surface area is 126 Å². The summed E-state index contributed by atoms with van der Waals surface area (Å²) in [6, 6.07) is 6.29. The average Bonchev–Trinajstić information content (AvgIpc) is 2.96. The van der Waals surface area contributed by atoms with E-state index >= 15 is 0 Å². The van der Waals surface area contributed by atoms with Crippen molar-refractivity contribution < 1.29 is 9.31 Å². The number of hydrogen-bond acceptors (Lipinski definition) is 3. The minimum absolute atomic E-state index is 0.327. The third kappa shape index (κ3) is 2.52. The van der Waals surface area contributed by atoms with Gasteiger partial charge in [0, 0.05) is 18.0 Å². The monoisotopic (exact) mass is 284 g/mol. The first-order chi connectivity index (χ1) is 9.78. The SMILES string of the molecule is Cc1cc(B2OC(C)(C)C(C)(C)O2)cc(-c2ncc[nH]2)c1. The molecule has 2 aromatic rings. The summed E-state index contributed by atoms with van der Waals surface area (Å²) in [6.45, 7) is 10.3. The molecule has 1 saturated heterocycles.